The van der Waals surface area contributed by atoms with Gasteiger partial charge in [0, 0.05) is 12.3 Å². The molecule has 5 nitrogen and oxygen atoms in total. The van der Waals surface area contributed by atoms with E-state index in [-0.39, 0.29) is 5.56 Å². The Morgan fingerprint density at radius 3 is 2.67 bits per heavy atom. The zero-order valence-corrected chi connectivity index (χ0v) is 14.1. The highest BCUT2D eigenvalue weighted by atomic mass is 32.2. The lowest BCUT2D eigenvalue weighted by molar-refractivity contribution is 0.102. The highest BCUT2D eigenvalue weighted by Crippen LogP contribution is 2.17. The number of hydrogen-bond donors (Lipinski definition) is 1. The summed E-state index contributed by atoms with van der Waals surface area (Å²) in [5, 5.41) is 11.5. The van der Waals surface area contributed by atoms with E-state index in [4.69, 9.17) is 0 Å². The predicted molar refractivity (Wildman–Crippen MR) is 92.8 cm³/mol. The number of carbonyl (C=O) groups excluding carboxylic acids is 1. The van der Waals surface area contributed by atoms with Crippen molar-refractivity contribution < 1.29 is 9.18 Å². The highest BCUT2D eigenvalue weighted by Gasteiger charge is 2.13. The summed E-state index contributed by atoms with van der Waals surface area (Å²) in [5.74, 6) is 0.191. The molecule has 1 aliphatic rings. The van der Waals surface area contributed by atoms with Crippen LogP contribution >= 0.6 is 11.8 Å². The van der Waals surface area contributed by atoms with Crippen LogP contribution in [0, 0.1) is 5.82 Å². The first-order valence-corrected chi connectivity index (χ1v) is 8.96. The molecule has 1 aromatic heterocycles. The van der Waals surface area contributed by atoms with Gasteiger partial charge in [-0.3, -0.25) is 4.79 Å². The van der Waals surface area contributed by atoms with E-state index in [0.29, 0.717) is 5.82 Å². The van der Waals surface area contributed by atoms with Crippen molar-refractivity contribution in [1.82, 2.24) is 15.1 Å². The third-order valence-electron chi connectivity index (χ3n) is 3.86. The minimum Gasteiger partial charge on any atom is -0.305 e. The molecule has 1 aliphatic heterocycles. The van der Waals surface area contributed by atoms with E-state index in [2.05, 4.69) is 20.4 Å². The molecule has 0 aliphatic carbocycles. The molecule has 0 radical (unpaired) electrons. The number of amides is 1. The van der Waals surface area contributed by atoms with Gasteiger partial charge in [0.2, 0.25) is 0 Å². The lowest BCUT2D eigenvalue weighted by atomic mass is 10.2. The standard InChI is InChI=1S/C17H19FN4OS/c18-14-6-2-1-5-13(14)17(23)19-15-7-8-16(21-20-15)24-12-11-22-9-3-4-10-22/h1-2,5-8H,3-4,9-12H2,(H,19,20,23). The van der Waals surface area contributed by atoms with Gasteiger partial charge < -0.3 is 10.2 Å². The lowest BCUT2D eigenvalue weighted by Gasteiger charge is -2.13. The van der Waals surface area contributed by atoms with Crippen LogP contribution in [0.25, 0.3) is 0 Å². The number of benzene rings is 1. The normalized spacial score (nSPS) is 14.7. The van der Waals surface area contributed by atoms with Crippen molar-refractivity contribution in [3.63, 3.8) is 0 Å². The predicted octanol–water partition coefficient (Wildman–Crippen LogP) is 3.06. The summed E-state index contributed by atoms with van der Waals surface area (Å²) in [6.45, 7) is 3.43. The second kappa shape index (κ2) is 8.21. The number of nitrogens with zero attached hydrogens (tertiary/aromatic N) is 3. The number of anilines is 1. The summed E-state index contributed by atoms with van der Waals surface area (Å²) < 4.78 is 13.6. The maximum Gasteiger partial charge on any atom is 0.259 e. The van der Waals surface area contributed by atoms with Crippen molar-refractivity contribution in [2.45, 2.75) is 17.9 Å². The van der Waals surface area contributed by atoms with Crippen LogP contribution in [0.2, 0.25) is 0 Å². The molecule has 1 aromatic carbocycles. The van der Waals surface area contributed by atoms with Gasteiger partial charge in [-0.1, -0.05) is 12.1 Å². The maximum absolute atomic E-state index is 13.6. The first-order chi connectivity index (χ1) is 11.7. The van der Waals surface area contributed by atoms with Crippen molar-refractivity contribution in [3.05, 3.63) is 47.8 Å². The molecule has 1 saturated heterocycles. The fourth-order valence-corrected chi connectivity index (χ4v) is 3.40. The molecule has 3 rings (SSSR count). The van der Waals surface area contributed by atoms with Gasteiger partial charge in [0.05, 0.1) is 5.56 Å². The Balaban J connectivity index is 1.50. The Morgan fingerprint density at radius 1 is 1.17 bits per heavy atom. The monoisotopic (exact) mass is 346 g/mol. The maximum atomic E-state index is 13.6. The van der Waals surface area contributed by atoms with Crippen molar-refractivity contribution in [2.24, 2.45) is 0 Å². The molecular weight excluding hydrogens is 327 g/mol. The molecule has 0 unspecified atom stereocenters. The Labute approximate surface area is 144 Å². The van der Waals surface area contributed by atoms with Gasteiger partial charge in [0.25, 0.3) is 5.91 Å². The Kier molecular flexibility index (Phi) is 5.77. The quantitative estimate of drug-likeness (QED) is 0.815. The second-order valence-corrected chi connectivity index (χ2v) is 6.70. The van der Waals surface area contributed by atoms with Crippen molar-refractivity contribution in [1.29, 1.82) is 0 Å². The van der Waals surface area contributed by atoms with Crippen molar-refractivity contribution >= 4 is 23.5 Å². The molecule has 0 atom stereocenters. The molecule has 1 N–H and O–H groups in total. The summed E-state index contributed by atoms with van der Waals surface area (Å²) in [5.41, 5.74) is -0.0108. The summed E-state index contributed by atoms with van der Waals surface area (Å²) >= 11 is 1.65. The van der Waals surface area contributed by atoms with E-state index >= 15 is 0 Å². The fourth-order valence-electron chi connectivity index (χ4n) is 2.58. The lowest BCUT2D eigenvalue weighted by Crippen LogP contribution is -2.21. The van der Waals surface area contributed by atoms with Gasteiger partial charge in [-0.2, -0.15) is 0 Å². The minimum absolute atomic E-state index is 0.0108. The molecule has 0 spiro atoms. The van der Waals surface area contributed by atoms with Crippen LogP contribution in [-0.4, -0.2) is 46.4 Å². The summed E-state index contributed by atoms with van der Waals surface area (Å²) in [4.78, 5) is 14.5. The van der Waals surface area contributed by atoms with Crippen molar-refractivity contribution in [3.8, 4) is 0 Å². The Bertz CT molecular complexity index is 689. The highest BCUT2D eigenvalue weighted by molar-refractivity contribution is 7.99. The molecule has 7 heteroatoms. The molecule has 0 saturated carbocycles. The number of hydrogen-bond acceptors (Lipinski definition) is 5. The smallest absolute Gasteiger partial charge is 0.259 e. The molecule has 126 valence electrons. The average molecular weight is 346 g/mol. The first-order valence-electron chi connectivity index (χ1n) is 7.97. The van der Waals surface area contributed by atoms with Crippen molar-refractivity contribution in [2.75, 3.05) is 30.7 Å². The number of likely N-dealkylation sites (tertiary alicyclic amines) is 1. The van der Waals surface area contributed by atoms with Gasteiger partial charge in [0.1, 0.15) is 10.8 Å². The summed E-state index contributed by atoms with van der Waals surface area (Å²) in [6.07, 6.45) is 2.59. The number of nitrogens with one attached hydrogen (secondary N) is 1. The second-order valence-electron chi connectivity index (χ2n) is 5.59. The molecule has 24 heavy (non-hydrogen) atoms. The third kappa shape index (κ3) is 4.52. The first kappa shape index (κ1) is 16.9. The molecule has 1 fully saturated rings. The fraction of sp³-hybridized carbons (Fsp3) is 0.353. The number of rotatable bonds is 6. The SMILES string of the molecule is O=C(Nc1ccc(SCCN2CCCC2)nn1)c1ccccc1F. The van der Waals surface area contributed by atoms with E-state index < -0.39 is 11.7 Å². The Morgan fingerprint density at radius 2 is 1.96 bits per heavy atom. The van der Waals surface area contributed by atoms with E-state index in [1.54, 1.807) is 30.0 Å². The van der Waals surface area contributed by atoms with Gasteiger partial charge in [0.15, 0.2) is 5.82 Å². The molecule has 0 bridgehead atoms. The minimum atomic E-state index is -0.558. The zero-order chi connectivity index (χ0) is 16.8. The van der Waals surface area contributed by atoms with Gasteiger partial charge >= 0.3 is 0 Å². The van der Waals surface area contributed by atoms with E-state index in [1.807, 2.05) is 6.07 Å². The number of carbonyl (C=O) groups is 1. The molecule has 2 aromatic rings. The van der Waals surface area contributed by atoms with E-state index in [9.17, 15) is 9.18 Å². The van der Waals surface area contributed by atoms with Crippen LogP contribution in [0.5, 0.6) is 0 Å². The van der Waals surface area contributed by atoms with E-state index in [0.717, 1.165) is 17.3 Å². The number of halogens is 1. The summed E-state index contributed by atoms with van der Waals surface area (Å²) in [6, 6.07) is 9.34. The zero-order valence-electron chi connectivity index (χ0n) is 13.2. The summed E-state index contributed by atoms with van der Waals surface area (Å²) in [7, 11) is 0. The van der Waals surface area contributed by atoms with Crippen LogP contribution < -0.4 is 5.32 Å². The Hall–Kier alpha value is -1.99. The van der Waals surface area contributed by atoms with Crippen LogP contribution in [0.1, 0.15) is 23.2 Å². The van der Waals surface area contributed by atoms with Crippen LogP contribution in [0.3, 0.4) is 0 Å². The van der Waals surface area contributed by atoms with Gasteiger partial charge in [-0.25, -0.2) is 4.39 Å². The topological polar surface area (TPSA) is 58.1 Å². The molecular formula is C17H19FN4OS. The molecule has 2 heterocycles. The van der Waals surface area contributed by atoms with Crippen LogP contribution in [-0.2, 0) is 0 Å². The number of thioether (sulfide) groups is 1. The van der Waals surface area contributed by atoms with E-state index in [1.165, 1.54) is 38.1 Å². The van der Waals surface area contributed by atoms with Gasteiger partial charge in [-0.05, 0) is 50.2 Å². The average Bonchev–Trinajstić information content (AvgIpc) is 3.10. The largest absolute Gasteiger partial charge is 0.305 e. The van der Waals surface area contributed by atoms with Crippen LogP contribution in [0.15, 0.2) is 41.4 Å². The molecule has 1 amide bonds. The number of aromatic nitrogens is 2. The van der Waals surface area contributed by atoms with Crippen LogP contribution in [0.4, 0.5) is 10.2 Å². The third-order valence-corrected chi connectivity index (χ3v) is 4.76. The van der Waals surface area contributed by atoms with Gasteiger partial charge in [-0.15, -0.1) is 22.0 Å².